The molecule has 4 aromatic rings. The Morgan fingerprint density at radius 2 is 1.91 bits per heavy atom. The molecule has 5 rings (SSSR count). The molecule has 0 fully saturated rings. The fourth-order valence-corrected chi connectivity index (χ4v) is 6.08. The van der Waals surface area contributed by atoms with Crippen LogP contribution in [0.4, 0.5) is 0 Å². The molecule has 6 heteroatoms. The van der Waals surface area contributed by atoms with Crippen LogP contribution in [0, 0.1) is 6.92 Å². The van der Waals surface area contributed by atoms with Gasteiger partial charge in [-0.1, -0.05) is 60.2 Å². The summed E-state index contributed by atoms with van der Waals surface area (Å²) in [6.07, 6.45) is 4.46. The van der Waals surface area contributed by atoms with Gasteiger partial charge in [0.1, 0.15) is 4.83 Å². The van der Waals surface area contributed by atoms with E-state index >= 15 is 0 Å². The molecular formula is C27H29N3O2S. The van der Waals surface area contributed by atoms with Crippen molar-refractivity contribution in [1.29, 1.82) is 0 Å². The number of benzene rings is 2. The lowest BCUT2D eigenvalue weighted by Crippen LogP contribution is -2.40. The van der Waals surface area contributed by atoms with E-state index in [2.05, 4.69) is 65.3 Å². The summed E-state index contributed by atoms with van der Waals surface area (Å²) < 4.78 is 1.74. The van der Waals surface area contributed by atoms with Crippen molar-refractivity contribution in [3.05, 3.63) is 98.4 Å². The average Bonchev–Trinajstić information content (AvgIpc) is 3.21. The van der Waals surface area contributed by atoms with Crippen LogP contribution in [-0.2, 0) is 25.9 Å². The number of aryl methyl sites for hydroxylation is 2. The zero-order valence-electron chi connectivity index (χ0n) is 18.9. The fourth-order valence-electron chi connectivity index (χ4n) is 4.84. The average molecular weight is 460 g/mol. The number of aliphatic hydroxyl groups is 1. The Hall–Kier alpha value is -2.80. The summed E-state index contributed by atoms with van der Waals surface area (Å²) in [5.74, 6) is 0. The number of aromatic nitrogens is 2. The van der Waals surface area contributed by atoms with Gasteiger partial charge in [-0.2, -0.15) is 0 Å². The van der Waals surface area contributed by atoms with Gasteiger partial charge in [0.2, 0.25) is 0 Å². The summed E-state index contributed by atoms with van der Waals surface area (Å²) in [5.41, 5.74) is 4.82. The molecule has 0 bridgehead atoms. The van der Waals surface area contributed by atoms with E-state index in [1.165, 1.54) is 21.6 Å². The third kappa shape index (κ3) is 4.64. The highest BCUT2D eigenvalue weighted by Crippen LogP contribution is 2.35. The Morgan fingerprint density at radius 1 is 1.12 bits per heavy atom. The van der Waals surface area contributed by atoms with Crippen molar-refractivity contribution in [2.24, 2.45) is 0 Å². The van der Waals surface area contributed by atoms with Gasteiger partial charge in [-0.15, -0.1) is 11.3 Å². The van der Waals surface area contributed by atoms with E-state index in [0.29, 0.717) is 19.1 Å². The Labute approximate surface area is 198 Å². The number of rotatable bonds is 7. The number of thiophene rings is 1. The van der Waals surface area contributed by atoms with Crippen LogP contribution in [0.1, 0.15) is 33.6 Å². The summed E-state index contributed by atoms with van der Waals surface area (Å²) in [6.45, 7) is 4.23. The molecule has 0 amide bonds. The van der Waals surface area contributed by atoms with Gasteiger partial charge in [0.15, 0.2) is 0 Å². The summed E-state index contributed by atoms with van der Waals surface area (Å²) >= 11 is 1.66. The van der Waals surface area contributed by atoms with Crippen LogP contribution in [0.15, 0.2) is 65.7 Å². The highest BCUT2D eigenvalue weighted by molar-refractivity contribution is 7.18. The first kappa shape index (κ1) is 22.0. The zero-order valence-corrected chi connectivity index (χ0v) is 19.7. The van der Waals surface area contributed by atoms with Gasteiger partial charge < -0.3 is 5.11 Å². The predicted molar refractivity (Wildman–Crippen MR) is 134 cm³/mol. The molecule has 1 N–H and O–H groups in total. The minimum Gasteiger partial charge on any atom is -0.395 e. The molecule has 2 aromatic heterocycles. The predicted octanol–water partition coefficient (Wildman–Crippen LogP) is 4.17. The summed E-state index contributed by atoms with van der Waals surface area (Å²) in [4.78, 5) is 22.5. The van der Waals surface area contributed by atoms with Gasteiger partial charge >= 0.3 is 0 Å². The quantitative estimate of drug-likeness (QED) is 0.451. The van der Waals surface area contributed by atoms with Gasteiger partial charge in [-0.3, -0.25) is 14.3 Å². The molecule has 0 spiro atoms. The molecular weight excluding hydrogens is 430 g/mol. The molecule has 0 saturated carbocycles. The molecule has 2 heterocycles. The molecule has 170 valence electrons. The molecule has 0 aliphatic heterocycles. The minimum absolute atomic E-state index is 0.0630. The maximum atomic E-state index is 13.4. The molecule has 1 aliphatic rings. The molecule has 0 radical (unpaired) electrons. The van der Waals surface area contributed by atoms with Gasteiger partial charge in [0.25, 0.3) is 5.56 Å². The fraction of sp³-hybridized carbons (Fsp3) is 0.333. The molecule has 0 saturated heterocycles. The first-order valence-corrected chi connectivity index (χ1v) is 12.4. The minimum atomic E-state index is 0.0630. The second kappa shape index (κ2) is 9.59. The lowest BCUT2D eigenvalue weighted by molar-refractivity contribution is 0.133. The van der Waals surface area contributed by atoms with Crippen LogP contribution in [-0.4, -0.2) is 38.8 Å². The number of nitrogens with zero attached hydrogens (tertiary/aromatic N) is 3. The van der Waals surface area contributed by atoms with Crippen LogP contribution in [0.5, 0.6) is 0 Å². The zero-order chi connectivity index (χ0) is 22.8. The summed E-state index contributed by atoms with van der Waals surface area (Å²) in [7, 11) is 0. The van der Waals surface area contributed by atoms with Gasteiger partial charge in [-0.25, -0.2) is 4.98 Å². The lowest BCUT2D eigenvalue weighted by atomic mass is 9.91. The second-order valence-corrected chi connectivity index (χ2v) is 10.0. The normalized spacial score (nSPS) is 15.8. The SMILES string of the molecule is Cc1ccc(Cn2cnc3sc4c(c3c2=O)CC[C@@H](N(CCO)Cc2ccccc2)C4)cc1. The second-order valence-electron chi connectivity index (χ2n) is 8.92. The van der Waals surface area contributed by atoms with Crippen molar-refractivity contribution in [1.82, 2.24) is 14.5 Å². The molecule has 1 atom stereocenters. The van der Waals surface area contributed by atoms with E-state index in [0.717, 1.165) is 41.6 Å². The van der Waals surface area contributed by atoms with Crippen molar-refractivity contribution in [2.75, 3.05) is 13.2 Å². The van der Waals surface area contributed by atoms with E-state index in [1.807, 2.05) is 6.07 Å². The number of aliphatic hydroxyl groups excluding tert-OH is 1. The monoisotopic (exact) mass is 459 g/mol. The molecule has 1 aliphatic carbocycles. The lowest BCUT2D eigenvalue weighted by Gasteiger charge is -2.34. The number of hydrogen-bond donors (Lipinski definition) is 1. The largest absolute Gasteiger partial charge is 0.395 e. The van der Waals surface area contributed by atoms with Crippen LogP contribution in [0.2, 0.25) is 0 Å². The van der Waals surface area contributed by atoms with Gasteiger partial charge in [0.05, 0.1) is 24.9 Å². The smallest absolute Gasteiger partial charge is 0.262 e. The van der Waals surface area contributed by atoms with Crippen molar-refractivity contribution in [2.45, 2.75) is 45.3 Å². The van der Waals surface area contributed by atoms with Crippen molar-refractivity contribution >= 4 is 21.6 Å². The first-order chi connectivity index (χ1) is 16.1. The first-order valence-electron chi connectivity index (χ1n) is 11.6. The Balaban J connectivity index is 1.41. The van der Waals surface area contributed by atoms with E-state index < -0.39 is 0 Å². The van der Waals surface area contributed by atoms with E-state index in [4.69, 9.17) is 0 Å². The number of hydrogen-bond acceptors (Lipinski definition) is 5. The van der Waals surface area contributed by atoms with Crippen molar-refractivity contribution < 1.29 is 5.11 Å². The van der Waals surface area contributed by atoms with E-state index in [1.54, 1.807) is 22.2 Å². The molecule has 5 nitrogen and oxygen atoms in total. The Kier molecular flexibility index (Phi) is 6.40. The van der Waals surface area contributed by atoms with Crippen LogP contribution in [0.25, 0.3) is 10.2 Å². The summed E-state index contributed by atoms with van der Waals surface area (Å²) in [6, 6.07) is 19.1. The number of fused-ring (bicyclic) bond motifs is 3. The van der Waals surface area contributed by atoms with Crippen molar-refractivity contribution in [3.8, 4) is 0 Å². The third-order valence-corrected chi connectivity index (χ3v) is 7.78. The van der Waals surface area contributed by atoms with Crippen molar-refractivity contribution in [3.63, 3.8) is 0 Å². The summed E-state index contributed by atoms with van der Waals surface area (Å²) in [5, 5.41) is 10.5. The Bertz CT molecular complexity index is 1290. The topological polar surface area (TPSA) is 58.4 Å². The van der Waals surface area contributed by atoms with E-state index in [-0.39, 0.29) is 12.2 Å². The maximum absolute atomic E-state index is 13.4. The third-order valence-electron chi connectivity index (χ3n) is 6.62. The highest BCUT2D eigenvalue weighted by atomic mass is 32.1. The van der Waals surface area contributed by atoms with Gasteiger partial charge in [0, 0.05) is 24.0 Å². The highest BCUT2D eigenvalue weighted by Gasteiger charge is 2.28. The van der Waals surface area contributed by atoms with Crippen LogP contribution in [0.3, 0.4) is 0 Å². The van der Waals surface area contributed by atoms with Crippen LogP contribution < -0.4 is 5.56 Å². The Morgan fingerprint density at radius 3 is 2.67 bits per heavy atom. The molecule has 33 heavy (non-hydrogen) atoms. The maximum Gasteiger partial charge on any atom is 0.262 e. The van der Waals surface area contributed by atoms with Gasteiger partial charge in [-0.05, 0) is 42.9 Å². The molecule has 0 unspecified atom stereocenters. The van der Waals surface area contributed by atoms with Crippen LogP contribution >= 0.6 is 11.3 Å². The molecule has 2 aromatic carbocycles. The van der Waals surface area contributed by atoms with E-state index in [9.17, 15) is 9.90 Å². The standard InChI is InChI=1S/C27H29N3O2S/c1-19-7-9-21(10-8-19)17-30-18-28-26-25(27(30)32)23-12-11-22(15-24(23)33-26)29(13-14-31)16-20-5-3-2-4-6-20/h2-10,18,22,31H,11-17H2,1H3/t22-/m1/s1.